The Kier molecular flexibility index (Phi) is 4.91. The molecule has 3 rings (SSSR count). The molecule has 0 aliphatic rings. The molecular formula is C15H15N5O2S2. The van der Waals surface area contributed by atoms with Crippen LogP contribution in [-0.2, 0) is 11.8 Å². The van der Waals surface area contributed by atoms with Crippen LogP contribution in [0.1, 0.15) is 0 Å². The minimum atomic E-state index is -0.291. The lowest BCUT2D eigenvalue weighted by molar-refractivity contribution is -0.113. The Balaban J connectivity index is 1.69. The highest BCUT2D eigenvalue weighted by atomic mass is 32.2. The number of amides is 1. The number of aromatic amines is 1. The molecule has 1 aromatic carbocycles. The van der Waals surface area contributed by atoms with E-state index in [9.17, 15) is 9.59 Å². The van der Waals surface area contributed by atoms with Gasteiger partial charge in [-0.1, -0.05) is 17.8 Å². The second kappa shape index (κ2) is 7.10. The van der Waals surface area contributed by atoms with Crippen molar-refractivity contribution in [3.05, 3.63) is 40.9 Å². The van der Waals surface area contributed by atoms with E-state index in [1.807, 2.05) is 30.5 Å². The molecule has 0 unspecified atom stereocenters. The zero-order valence-electron chi connectivity index (χ0n) is 13.1. The van der Waals surface area contributed by atoms with Crippen LogP contribution < -0.4 is 10.9 Å². The van der Waals surface area contributed by atoms with Crippen molar-refractivity contribution < 1.29 is 4.79 Å². The molecule has 9 heteroatoms. The smallest absolute Gasteiger partial charge is 0.278 e. The zero-order chi connectivity index (χ0) is 17.1. The van der Waals surface area contributed by atoms with Crippen molar-refractivity contribution in [3.8, 4) is 0 Å². The molecule has 3 aromatic rings. The monoisotopic (exact) mass is 361 g/mol. The van der Waals surface area contributed by atoms with Crippen LogP contribution in [0.3, 0.4) is 0 Å². The number of hydrogen-bond donors (Lipinski definition) is 2. The van der Waals surface area contributed by atoms with E-state index in [0.717, 1.165) is 10.6 Å². The molecule has 2 aromatic heterocycles. The minimum absolute atomic E-state index is 0.132. The van der Waals surface area contributed by atoms with E-state index in [4.69, 9.17) is 0 Å². The Labute approximate surface area is 146 Å². The van der Waals surface area contributed by atoms with Gasteiger partial charge in [0.25, 0.3) is 5.56 Å². The first-order chi connectivity index (χ1) is 11.6. The number of carbonyl (C=O) groups excluding carboxylic acids is 1. The topological polar surface area (TPSA) is 92.7 Å². The van der Waals surface area contributed by atoms with E-state index in [2.05, 4.69) is 20.3 Å². The van der Waals surface area contributed by atoms with Gasteiger partial charge in [-0.25, -0.2) is 9.97 Å². The SMILES string of the molecule is CSc1cccc(NC(=O)CSc2nc3c(=O)[nH]cnc3n2C)c1. The molecule has 24 heavy (non-hydrogen) atoms. The van der Waals surface area contributed by atoms with Gasteiger partial charge in [0.2, 0.25) is 5.91 Å². The van der Waals surface area contributed by atoms with Crippen LogP contribution in [0.25, 0.3) is 11.2 Å². The van der Waals surface area contributed by atoms with Gasteiger partial charge in [-0.05, 0) is 24.5 Å². The molecule has 0 fully saturated rings. The number of aryl methyl sites for hydroxylation is 1. The normalized spacial score (nSPS) is 10.9. The molecule has 0 saturated carbocycles. The number of nitrogens with zero attached hydrogens (tertiary/aromatic N) is 3. The van der Waals surface area contributed by atoms with Crippen molar-refractivity contribution in [2.75, 3.05) is 17.3 Å². The first kappa shape index (κ1) is 16.6. The highest BCUT2D eigenvalue weighted by molar-refractivity contribution is 7.99. The number of anilines is 1. The highest BCUT2D eigenvalue weighted by Crippen LogP contribution is 2.21. The van der Waals surface area contributed by atoms with Gasteiger partial charge in [0.1, 0.15) is 0 Å². The number of fused-ring (bicyclic) bond motifs is 1. The lowest BCUT2D eigenvalue weighted by Crippen LogP contribution is -2.14. The quantitative estimate of drug-likeness (QED) is 0.676. The van der Waals surface area contributed by atoms with Crippen LogP contribution in [0.15, 0.2) is 45.4 Å². The van der Waals surface area contributed by atoms with Gasteiger partial charge in [0.05, 0.1) is 12.1 Å². The number of nitrogens with one attached hydrogen (secondary N) is 2. The number of aromatic nitrogens is 4. The molecule has 0 saturated heterocycles. The number of H-pyrrole nitrogens is 1. The van der Waals surface area contributed by atoms with E-state index in [1.54, 1.807) is 23.4 Å². The van der Waals surface area contributed by atoms with Crippen LogP contribution in [0, 0.1) is 0 Å². The molecule has 0 aliphatic carbocycles. The zero-order valence-corrected chi connectivity index (χ0v) is 14.7. The number of rotatable bonds is 5. The summed E-state index contributed by atoms with van der Waals surface area (Å²) >= 11 is 2.88. The molecule has 0 radical (unpaired) electrons. The van der Waals surface area contributed by atoms with Crippen molar-refractivity contribution in [2.45, 2.75) is 10.1 Å². The molecule has 2 heterocycles. The van der Waals surface area contributed by atoms with Crippen LogP contribution >= 0.6 is 23.5 Å². The van der Waals surface area contributed by atoms with E-state index < -0.39 is 0 Å². The molecule has 0 spiro atoms. The van der Waals surface area contributed by atoms with E-state index in [-0.39, 0.29) is 22.7 Å². The molecule has 0 aliphatic heterocycles. The summed E-state index contributed by atoms with van der Waals surface area (Å²) in [4.78, 5) is 35.8. The Morgan fingerprint density at radius 3 is 3.00 bits per heavy atom. The third kappa shape index (κ3) is 3.46. The second-order valence-electron chi connectivity index (χ2n) is 4.93. The third-order valence-corrected chi connectivity index (χ3v) is 5.06. The highest BCUT2D eigenvalue weighted by Gasteiger charge is 2.13. The number of thioether (sulfide) groups is 2. The number of hydrogen-bond acceptors (Lipinski definition) is 6. The first-order valence-corrected chi connectivity index (χ1v) is 9.26. The van der Waals surface area contributed by atoms with Crippen LogP contribution in [-0.4, -0.2) is 37.4 Å². The van der Waals surface area contributed by atoms with E-state index in [1.165, 1.54) is 18.1 Å². The molecule has 2 N–H and O–H groups in total. The fraction of sp³-hybridized carbons (Fsp3) is 0.200. The van der Waals surface area contributed by atoms with Gasteiger partial charge in [0.15, 0.2) is 16.3 Å². The predicted molar refractivity (Wildman–Crippen MR) is 96.7 cm³/mol. The summed E-state index contributed by atoms with van der Waals surface area (Å²) in [5.74, 6) is 0.0608. The number of carbonyl (C=O) groups is 1. The Hall–Kier alpha value is -2.26. The standard InChI is InChI=1S/C15H15N5O2S2/c1-20-13-12(14(22)17-8-16-13)19-15(20)24-7-11(21)18-9-4-3-5-10(6-9)23-2/h3-6,8H,7H2,1-2H3,(H,18,21)(H,16,17,22). The van der Waals surface area contributed by atoms with Crippen LogP contribution in [0.2, 0.25) is 0 Å². The van der Waals surface area contributed by atoms with Crippen LogP contribution in [0.5, 0.6) is 0 Å². The third-order valence-electron chi connectivity index (χ3n) is 3.31. The molecule has 0 bridgehead atoms. The maximum absolute atomic E-state index is 12.1. The maximum atomic E-state index is 12.1. The molecule has 7 nitrogen and oxygen atoms in total. The Morgan fingerprint density at radius 2 is 2.25 bits per heavy atom. The summed E-state index contributed by atoms with van der Waals surface area (Å²) in [6.45, 7) is 0. The average molecular weight is 361 g/mol. The Morgan fingerprint density at radius 1 is 1.42 bits per heavy atom. The fourth-order valence-electron chi connectivity index (χ4n) is 2.15. The number of benzene rings is 1. The fourth-order valence-corrected chi connectivity index (χ4v) is 3.38. The predicted octanol–water partition coefficient (Wildman–Crippen LogP) is 2.11. The average Bonchev–Trinajstić information content (AvgIpc) is 2.91. The summed E-state index contributed by atoms with van der Waals surface area (Å²) in [5.41, 5.74) is 1.24. The van der Waals surface area contributed by atoms with E-state index >= 15 is 0 Å². The molecular weight excluding hydrogens is 346 g/mol. The molecule has 124 valence electrons. The molecule has 0 atom stereocenters. The van der Waals surface area contributed by atoms with Crippen molar-refractivity contribution >= 4 is 46.3 Å². The van der Waals surface area contributed by atoms with Gasteiger partial charge in [-0.3, -0.25) is 9.59 Å². The van der Waals surface area contributed by atoms with Gasteiger partial charge < -0.3 is 14.9 Å². The second-order valence-corrected chi connectivity index (χ2v) is 6.75. The van der Waals surface area contributed by atoms with Crippen LogP contribution in [0.4, 0.5) is 5.69 Å². The van der Waals surface area contributed by atoms with Crippen molar-refractivity contribution in [1.29, 1.82) is 0 Å². The van der Waals surface area contributed by atoms with Gasteiger partial charge in [0, 0.05) is 17.6 Å². The van der Waals surface area contributed by atoms with Gasteiger partial charge in [-0.15, -0.1) is 11.8 Å². The van der Waals surface area contributed by atoms with Gasteiger partial charge >= 0.3 is 0 Å². The summed E-state index contributed by atoms with van der Waals surface area (Å²) < 4.78 is 1.71. The summed E-state index contributed by atoms with van der Waals surface area (Å²) in [7, 11) is 1.77. The summed E-state index contributed by atoms with van der Waals surface area (Å²) in [5, 5.41) is 3.43. The molecule has 1 amide bonds. The number of imidazole rings is 1. The largest absolute Gasteiger partial charge is 0.325 e. The summed E-state index contributed by atoms with van der Waals surface area (Å²) in [6.07, 6.45) is 3.32. The maximum Gasteiger partial charge on any atom is 0.278 e. The summed E-state index contributed by atoms with van der Waals surface area (Å²) in [6, 6.07) is 7.66. The Bertz CT molecular complexity index is 950. The lowest BCUT2D eigenvalue weighted by Gasteiger charge is -2.06. The lowest BCUT2D eigenvalue weighted by atomic mass is 10.3. The van der Waals surface area contributed by atoms with Gasteiger partial charge in [-0.2, -0.15) is 0 Å². The van der Waals surface area contributed by atoms with E-state index in [0.29, 0.717) is 10.8 Å². The first-order valence-electron chi connectivity index (χ1n) is 7.05. The van der Waals surface area contributed by atoms with Crippen molar-refractivity contribution in [1.82, 2.24) is 19.5 Å². The minimum Gasteiger partial charge on any atom is -0.325 e. The van der Waals surface area contributed by atoms with Crippen molar-refractivity contribution in [2.24, 2.45) is 7.05 Å². The van der Waals surface area contributed by atoms with Crippen molar-refractivity contribution in [3.63, 3.8) is 0 Å².